The monoisotopic (exact) mass is 465 g/mol. The number of nitrogens with zero attached hydrogens (tertiary/aromatic N) is 2. The lowest BCUT2D eigenvalue weighted by Gasteiger charge is -2.13. The molecule has 9 heteroatoms. The van der Waals surface area contributed by atoms with Crippen LogP contribution >= 0.6 is 0 Å². The van der Waals surface area contributed by atoms with E-state index < -0.39 is 5.97 Å². The summed E-state index contributed by atoms with van der Waals surface area (Å²) >= 11 is 0. The van der Waals surface area contributed by atoms with Crippen molar-refractivity contribution in [1.82, 2.24) is 9.13 Å². The lowest BCUT2D eigenvalue weighted by molar-refractivity contribution is -0.116. The van der Waals surface area contributed by atoms with Crippen LogP contribution in [0.3, 0.4) is 0 Å². The maximum absolute atomic E-state index is 13.4. The summed E-state index contributed by atoms with van der Waals surface area (Å²) in [4.78, 5) is 25.6. The molecule has 0 saturated heterocycles. The third-order valence-corrected chi connectivity index (χ3v) is 5.33. The number of carbonyl (C=O) groups is 2. The SMILES string of the molecule is CCOC(=O)c1cc2c(ccn2-c2ccc(F)cc2)n1CC(=O)Nc1ccc(OC)cc1OC. The Kier molecular flexibility index (Phi) is 6.53. The first-order valence-electron chi connectivity index (χ1n) is 10.6. The molecule has 2 aromatic heterocycles. The first-order valence-corrected chi connectivity index (χ1v) is 10.6. The first kappa shape index (κ1) is 22.9. The third-order valence-electron chi connectivity index (χ3n) is 5.33. The fourth-order valence-corrected chi connectivity index (χ4v) is 3.75. The zero-order valence-corrected chi connectivity index (χ0v) is 19.0. The number of halogens is 1. The second-order valence-electron chi connectivity index (χ2n) is 7.38. The van der Waals surface area contributed by atoms with E-state index in [-0.39, 0.29) is 30.6 Å². The van der Waals surface area contributed by atoms with E-state index in [1.165, 1.54) is 19.2 Å². The van der Waals surface area contributed by atoms with Crippen LogP contribution in [0.1, 0.15) is 17.4 Å². The molecule has 0 radical (unpaired) electrons. The Hall–Kier alpha value is -4.27. The molecule has 34 heavy (non-hydrogen) atoms. The highest BCUT2D eigenvalue weighted by Gasteiger charge is 2.21. The Morgan fingerprint density at radius 1 is 0.971 bits per heavy atom. The number of methoxy groups -OCH3 is 2. The maximum Gasteiger partial charge on any atom is 0.355 e. The van der Waals surface area contributed by atoms with Crippen LogP contribution in [-0.4, -0.2) is 41.8 Å². The van der Waals surface area contributed by atoms with Crippen LogP contribution in [0.25, 0.3) is 16.7 Å². The van der Waals surface area contributed by atoms with E-state index in [1.807, 2.05) is 4.57 Å². The van der Waals surface area contributed by atoms with Crippen molar-refractivity contribution in [3.8, 4) is 17.2 Å². The Bertz CT molecular complexity index is 1340. The summed E-state index contributed by atoms with van der Waals surface area (Å²) in [5, 5.41) is 2.82. The minimum Gasteiger partial charge on any atom is -0.497 e. The van der Waals surface area contributed by atoms with E-state index in [0.717, 1.165) is 5.69 Å². The summed E-state index contributed by atoms with van der Waals surface area (Å²) in [6.45, 7) is 1.77. The second-order valence-corrected chi connectivity index (χ2v) is 7.38. The van der Waals surface area contributed by atoms with Crippen LogP contribution in [0, 0.1) is 5.82 Å². The van der Waals surface area contributed by atoms with Crippen LogP contribution in [0.2, 0.25) is 0 Å². The van der Waals surface area contributed by atoms with Crippen molar-refractivity contribution in [2.45, 2.75) is 13.5 Å². The van der Waals surface area contributed by atoms with Gasteiger partial charge in [0.15, 0.2) is 0 Å². The van der Waals surface area contributed by atoms with Crippen LogP contribution in [0.5, 0.6) is 11.5 Å². The minimum absolute atomic E-state index is 0.139. The van der Waals surface area contributed by atoms with E-state index >= 15 is 0 Å². The van der Waals surface area contributed by atoms with Crippen molar-refractivity contribution in [3.05, 3.63) is 72.3 Å². The van der Waals surface area contributed by atoms with Gasteiger partial charge in [-0.3, -0.25) is 4.79 Å². The predicted molar refractivity (Wildman–Crippen MR) is 125 cm³/mol. The Morgan fingerprint density at radius 2 is 1.74 bits per heavy atom. The molecule has 1 N–H and O–H groups in total. The van der Waals surface area contributed by atoms with Crippen molar-refractivity contribution in [1.29, 1.82) is 0 Å². The van der Waals surface area contributed by atoms with Gasteiger partial charge in [0.25, 0.3) is 0 Å². The van der Waals surface area contributed by atoms with Gasteiger partial charge >= 0.3 is 5.97 Å². The molecule has 0 aliphatic heterocycles. The fourth-order valence-electron chi connectivity index (χ4n) is 3.75. The van der Waals surface area contributed by atoms with Gasteiger partial charge in [-0.25, -0.2) is 9.18 Å². The van der Waals surface area contributed by atoms with Gasteiger partial charge in [-0.1, -0.05) is 0 Å². The molecule has 0 bridgehead atoms. The van der Waals surface area contributed by atoms with Gasteiger partial charge in [0, 0.05) is 18.0 Å². The molecule has 0 aliphatic carbocycles. The zero-order valence-electron chi connectivity index (χ0n) is 19.0. The minimum atomic E-state index is -0.542. The summed E-state index contributed by atoms with van der Waals surface area (Å²) in [7, 11) is 3.04. The number of amides is 1. The van der Waals surface area contributed by atoms with E-state index in [9.17, 15) is 14.0 Å². The van der Waals surface area contributed by atoms with E-state index in [2.05, 4.69) is 5.32 Å². The number of ether oxygens (including phenoxy) is 3. The van der Waals surface area contributed by atoms with Gasteiger partial charge in [0.05, 0.1) is 37.5 Å². The topological polar surface area (TPSA) is 83.7 Å². The summed E-state index contributed by atoms with van der Waals surface area (Å²) in [6.07, 6.45) is 1.80. The normalized spacial score (nSPS) is 10.8. The number of hydrogen-bond acceptors (Lipinski definition) is 5. The molecule has 1 amide bonds. The number of esters is 1. The maximum atomic E-state index is 13.4. The van der Waals surface area contributed by atoms with Gasteiger partial charge < -0.3 is 28.7 Å². The number of hydrogen-bond donors (Lipinski definition) is 1. The smallest absolute Gasteiger partial charge is 0.355 e. The second kappa shape index (κ2) is 9.70. The first-order chi connectivity index (χ1) is 16.4. The predicted octanol–water partition coefficient (Wildman–Crippen LogP) is 4.40. The molecule has 4 aromatic rings. The number of benzene rings is 2. The Morgan fingerprint density at radius 3 is 2.41 bits per heavy atom. The van der Waals surface area contributed by atoms with Crippen LogP contribution in [0.4, 0.5) is 10.1 Å². The molecule has 0 spiro atoms. The zero-order chi connectivity index (χ0) is 24.2. The molecule has 0 atom stereocenters. The molecule has 0 aliphatic rings. The summed E-state index contributed by atoms with van der Waals surface area (Å²) in [5.41, 5.74) is 2.77. The van der Waals surface area contributed by atoms with E-state index in [0.29, 0.717) is 28.2 Å². The van der Waals surface area contributed by atoms with Gasteiger partial charge in [-0.05, 0) is 55.5 Å². The third kappa shape index (κ3) is 4.45. The Balaban J connectivity index is 1.69. The van der Waals surface area contributed by atoms with Crippen LogP contribution in [-0.2, 0) is 16.1 Å². The molecule has 176 valence electrons. The highest BCUT2D eigenvalue weighted by Crippen LogP contribution is 2.30. The Labute approximate surface area is 195 Å². The van der Waals surface area contributed by atoms with Gasteiger partial charge in [0.1, 0.15) is 29.6 Å². The lowest BCUT2D eigenvalue weighted by atomic mass is 10.2. The van der Waals surface area contributed by atoms with E-state index in [4.69, 9.17) is 14.2 Å². The number of fused-ring (bicyclic) bond motifs is 1. The molecule has 8 nitrogen and oxygen atoms in total. The molecule has 0 saturated carbocycles. The number of aromatic nitrogens is 2. The average Bonchev–Trinajstić information content (AvgIpc) is 3.40. The fraction of sp³-hybridized carbons (Fsp3) is 0.200. The number of carbonyl (C=O) groups excluding carboxylic acids is 2. The highest BCUT2D eigenvalue weighted by molar-refractivity contribution is 5.98. The van der Waals surface area contributed by atoms with Gasteiger partial charge in [0.2, 0.25) is 5.91 Å². The van der Waals surface area contributed by atoms with Crippen molar-refractivity contribution >= 4 is 28.6 Å². The largest absolute Gasteiger partial charge is 0.497 e. The van der Waals surface area contributed by atoms with Crippen molar-refractivity contribution < 1.29 is 28.2 Å². The molecule has 4 rings (SSSR count). The number of anilines is 1. The average molecular weight is 465 g/mol. The number of rotatable bonds is 8. The highest BCUT2D eigenvalue weighted by atomic mass is 19.1. The molecule has 2 aromatic carbocycles. The van der Waals surface area contributed by atoms with Crippen LogP contribution < -0.4 is 14.8 Å². The van der Waals surface area contributed by atoms with Crippen molar-refractivity contribution in [2.75, 3.05) is 26.1 Å². The molecule has 2 heterocycles. The number of nitrogens with one attached hydrogen (secondary N) is 1. The molecular weight excluding hydrogens is 441 g/mol. The molecule has 0 unspecified atom stereocenters. The summed E-state index contributed by atoms with van der Waals surface area (Å²) in [5.74, 6) is -0.213. The molecule has 0 fully saturated rings. The van der Waals surface area contributed by atoms with Crippen molar-refractivity contribution in [2.24, 2.45) is 0 Å². The standard InChI is InChI=1S/C25H24FN3O5/c1-4-34-25(31)22-14-21-20(11-12-28(21)17-7-5-16(26)6-8-17)29(22)15-24(30)27-19-10-9-18(32-2)13-23(19)33-3/h5-14H,4,15H2,1-3H3,(H,27,30). The summed E-state index contributed by atoms with van der Waals surface area (Å²) < 4.78 is 32.5. The quantitative estimate of drug-likeness (QED) is 0.390. The van der Waals surface area contributed by atoms with Crippen LogP contribution in [0.15, 0.2) is 60.8 Å². The van der Waals surface area contributed by atoms with Gasteiger partial charge in [-0.2, -0.15) is 0 Å². The van der Waals surface area contributed by atoms with Gasteiger partial charge in [-0.15, -0.1) is 0 Å². The van der Waals surface area contributed by atoms with Crippen molar-refractivity contribution in [3.63, 3.8) is 0 Å². The lowest BCUT2D eigenvalue weighted by Crippen LogP contribution is -2.22. The molecular formula is C25H24FN3O5. The summed E-state index contributed by atoms with van der Waals surface area (Å²) in [6, 6.07) is 14.5. The van der Waals surface area contributed by atoms with E-state index in [1.54, 1.807) is 67.3 Å².